The van der Waals surface area contributed by atoms with Gasteiger partial charge in [-0.1, -0.05) is 12.8 Å². The summed E-state index contributed by atoms with van der Waals surface area (Å²) in [5.41, 5.74) is 5.74. The fraction of sp³-hybridized carbons (Fsp3) is 0.923. The van der Waals surface area contributed by atoms with E-state index >= 15 is 0 Å². The van der Waals surface area contributed by atoms with Crippen molar-refractivity contribution in [2.75, 3.05) is 26.3 Å². The molecule has 2 rings (SSSR count). The molecule has 1 aliphatic carbocycles. The van der Waals surface area contributed by atoms with Gasteiger partial charge in [-0.2, -0.15) is 0 Å². The molecule has 5 nitrogen and oxygen atoms in total. The number of carbonyl (C=O) groups excluding carboxylic acids is 1. The monoisotopic (exact) mass is 255 g/mol. The maximum Gasteiger partial charge on any atom is 0.237 e. The summed E-state index contributed by atoms with van der Waals surface area (Å²) in [6, 6.07) is 0.448. The Morgan fingerprint density at radius 3 is 2.89 bits per heavy atom. The van der Waals surface area contributed by atoms with E-state index in [2.05, 4.69) is 10.2 Å². The summed E-state index contributed by atoms with van der Waals surface area (Å²) >= 11 is 0. The van der Waals surface area contributed by atoms with Crippen molar-refractivity contribution < 1.29 is 9.53 Å². The standard InChI is InChI=1S/C13H25N3O2/c1-10(13(17)15-11-4-2-3-5-11)16-6-7-18-9-12(16)8-14/h10-12H,2-9,14H2,1H3,(H,15,17). The van der Waals surface area contributed by atoms with Gasteiger partial charge < -0.3 is 15.8 Å². The second kappa shape index (κ2) is 6.50. The van der Waals surface area contributed by atoms with Gasteiger partial charge in [0.05, 0.1) is 19.3 Å². The summed E-state index contributed by atoms with van der Waals surface area (Å²) in [7, 11) is 0. The van der Waals surface area contributed by atoms with Crippen molar-refractivity contribution >= 4 is 5.91 Å². The summed E-state index contributed by atoms with van der Waals surface area (Å²) in [4.78, 5) is 14.4. The highest BCUT2D eigenvalue weighted by Gasteiger charge is 2.31. The third-order valence-electron chi connectivity index (χ3n) is 4.12. The quantitative estimate of drug-likeness (QED) is 0.747. The summed E-state index contributed by atoms with van der Waals surface area (Å²) in [6.07, 6.45) is 4.73. The van der Waals surface area contributed by atoms with Crippen molar-refractivity contribution in [3.05, 3.63) is 0 Å². The van der Waals surface area contributed by atoms with Crippen LogP contribution in [-0.2, 0) is 9.53 Å². The van der Waals surface area contributed by atoms with Gasteiger partial charge in [-0.15, -0.1) is 0 Å². The van der Waals surface area contributed by atoms with E-state index in [4.69, 9.17) is 10.5 Å². The van der Waals surface area contributed by atoms with Gasteiger partial charge >= 0.3 is 0 Å². The molecule has 0 aromatic rings. The van der Waals surface area contributed by atoms with Gasteiger partial charge in [0.25, 0.3) is 0 Å². The molecule has 18 heavy (non-hydrogen) atoms. The summed E-state index contributed by atoms with van der Waals surface area (Å²) < 4.78 is 5.41. The summed E-state index contributed by atoms with van der Waals surface area (Å²) in [5, 5.41) is 3.16. The Morgan fingerprint density at radius 1 is 1.50 bits per heavy atom. The molecule has 2 unspecified atom stereocenters. The lowest BCUT2D eigenvalue weighted by Crippen LogP contribution is -2.57. The summed E-state index contributed by atoms with van der Waals surface area (Å²) in [6.45, 7) is 4.63. The first-order valence-corrected chi connectivity index (χ1v) is 7.06. The molecule has 104 valence electrons. The van der Waals surface area contributed by atoms with E-state index in [1.54, 1.807) is 0 Å². The van der Waals surface area contributed by atoms with Crippen molar-refractivity contribution in [2.24, 2.45) is 5.73 Å². The fourth-order valence-electron chi connectivity index (χ4n) is 2.92. The molecule has 2 fully saturated rings. The first-order chi connectivity index (χ1) is 8.72. The molecule has 1 saturated carbocycles. The van der Waals surface area contributed by atoms with Crippen LogP contribution in [0.25, 0.3) is 0 Å². The molecule has 1 heterocycles. The molecule has 3 N–H and O–H groups in total. The minimum Gasteiger partial charge on any atom is -0.378 e. The molecule has 0 bridgehead atoms. The topological polar surface area (TPSA) is 67.6 Å². The third-order valence-corrected chi connectivity index (χ3v) is 4.12. The second-order valence-corrected chi connectivity index (χ2v) is 5.37. The van der Waals surface area contributed by atoms with Crippen molar-refractivity contribution in [1.29, 1.82) is 0 Å². The Morgan fingerprint density at radius 2 is 2.22 bits per heavy atom. The zero-order valence-corrected chi connectivity index (χ0v) is 11.2. The first-order valence-electron chi connectivity index (χ1n) is 7.06. The Balaban J connectivity index is 1.87. The lowest BCUT2D eigenvalue weighted by molar-refractivity contribution is -0.130. The Hall–Kier alpha value is -0.650. The highest BCUT2D eigenvalue weighted by atomic mass is 16.5. The number of morpholine rings is 1. The molecule has 2 aliphatic rings. The molecule has 0 radical (unpaired) electrons. The molecule has 0 aromatic carbocycles. The minimum atomic E-state index is -0.108. The van der Waals surface area contributed by atoms with Crippen LogP contribution >= 0.6 is 0 Å². The molecule has 5 heteroatoms. The van der Waals surface area contributed by atoms with Crippen LogP contribution in [0.4, 0.5) is 0 Å². The number of nitrogens with zero attached hydrogens (tertiary/aromatic N) is 1. The van der Waals surface area contributed by atoms with Crippen LogP contribution in [0.2, 0.25) is 0 Å². The SMILES string of the molecule is CC(C(=O)NC1CCCC1)N1CCOCC1CN. The maximum absolute atomic E-state index is 12.2. The number of hydrogen-bond acceptors (Lipinski definition) is 4. The largest absolute Gasteiger partial charge is 0.378 e. The van der Waals surface area contributed by atoms with Gasteiger partial charge in [0.1, 0.15) is 0 Å². The van der Waals surface area contributed by atoms with Gasteiger partial charge in [0.2, 0.25) is 5.91 Å². The molecule has 1 saturated heterocycles. The molecule has 0 spiro atoms. The zero-order chi connectivity index (χ0) is 13.0. The number of carbonyl (C=O) groups is 1. The number of ether oxygens (including phenoxy) is 1. The predicted octanol–water partition coefficient (Wildman–Crippen LogP) is 0.0932. The van der Waals surface area contributed by atoms with Gasteiger partial charge in [-0.25, -0.2) is 0 Å². The molecule has 1 aliphatic heterocycles. The molecular formula is C13H25N3O2. The number of nitrogens with one attached hydrogen (secondary N) is 1. The van der Waals surface area contributed by atoms with E-state index in [-0.39, 0.29) is 18.0 Å². The first kappa shape index (κ1) is 13.8. The van der Waals surface area contributed by atoms with Crippen LogP contribution in [0.3, 0.4) is 0 Å². The number of rotatable bonds is 4. The predicted molar refractivity (Wildman–Crippen MR) is 70.2 cm³/mol. The smallest absolute Gasteiger partial charge is 0.237 e. The number of hydrogen-bond donors (Lipinski definition) is 2. The van der Waals surface area contributed by atoms with Crippen molar-refractivity contribution in [1.82, 2.24) is 10.2 Å². The molecule has 1 amide bonds. The van der Waals surface area contributed by atoms with Crippen LogP contribution in [0.15, 0.2) is 0 Å². The Labute approximate surface area is 109 Å². The van der Waals surface area contributed by atoms with Gasteiger partial charge in [0.15, 0.2) is 0 Å². The van der Waals surface area contributed by atoms with E-state index in [1.165, 1.54) is 12.8 Å². The number of nitrogens with two attached hydrogens (primary N) is 1. The van der Waals surface area contributed by atoms with E-state index < -0.39 is 0 Å². The molecule has 0 aromatic heterocycles. The van der Waals surface area contributed by atoms with Gasteiger partial charge in [0, 0.05) is 25.2 Å². The zero-order valence-electron chi connectivity index (χ0n) is 11.2. The van der Waals surface area contributed by atoms with Crippen LogP contribution in [0, 0.1) is 0 Å². The minimum absolute atomic E-state index is 0.108. The maximum atomic E-state index is 12.2. The molecular weight excluding hydrogens is 230 g/mol. The highest BCUT2D eigenvalue weighted by Crippen LogP contribution is 2.18. The third kappa shape index (κ3) is 3.22. The average molecular weight is 255 g/mol. The van der Waals surface area contributed by atoms with E-state index in [1.807, 2.05) is 6.92 Å². The van der Waals surface area contributed by atoms with Crippen molar-refractivity contribution in [3.63, 3.8) is 0 Å². The average Bonchev–Trinajstić information content (AvgIpc) is 2.90. The normalized spacial score (nSPS) is 28.2. The van der Waals surface area contributed by atoms with E-state index in [9.17, 15) is 4.79 Å². The number of amides is 1. The highest BCUT2D eigenvalue weighted by molar-refractivity contribution is 5.81. The van der Waals surface area contributed by atoms with Crippen LogP contribution in [-0.4, -0.2) is 55.2 Å². The fourth-order valence-corrected chi connectivity index (χ4v) is 2.92. The molecule has 2 atom stereocenters. The van der Waals surface area contributed by atoms with E-state index in [0.29, 0.717) is 25.8 Å². The summed E-state index contributed by atoms with van der Waals surface area (Å²) in [5.74, 6) is 0.141. The van der Waals surface area contributed by atoms with Crippen molar-refractivity contribution in [3.8, 4) is 0 Å². The van der Waals surface area contributed by atoms with Crippen LogP contribution < -0.4 is 11.1 Å². The second-order valence-electron chi connectivity index (χ2n) is 5.37. The lowest BCUT2D eigenvalue weighted by Gasteiger charge is -2.38. The van der Waals surface area contributed by atoms with E-state index in [0.717, 1.165) is 19.4 Å². The van der Waals surface area contributed by atoms with Gasteiger partial charge in [-0.05, 0) is 19.8 Å². The Kier molecular flexibility index (Phi) is 4.97. The van der Waals surface area contributed by atoms with Crippen molar-refractivity contribution in [2.45, 2.75) is 50.7 Å². The Bertz CT molecular complexity index is 279. The van der Waals surface area contributed by atoms with Gasteiger partial charge in [-0.3, -0.25) is 9.69 Å². The van der Waals surface area contributed by atoms with Crippen LogP contribution in [0.1, 0.15) is 32.6 Å². The van der Waals surface area contributed by atoms with Crippen LogP contribution in [0.5, 0.6) is 0 Å². The lowest BCUT2D eigenvalue weighted by atomic mass is 10.1.